The van der Waals surface area contributed by atoms with E-state index in [1.165, 1.54) is 4.31 Å². The van der Waals surface area contributed by atoms with Crippen molar-refractivity contribution >= 4 is 33.4 Å². The van der Waals surface area contributed by atoms with Crippen molar-refractivity contribution in [2.45, 2.75) is 38.0 Å². The van der Waals surface area contributed by atoms with Gasteiger partial charge in [0, 0.05) is 30.0 Å². The summed E-state index contributed by atoms with van der Waals surface area (Å²) in [4.78, 5) is 12.4. The second kappa shape index (κ2) is 7.86. The summed E-state index contributed by atoms with van der Waals surface area (Å²) in [5.74, 6) is 1.02. The highest BCUT2D eigenvalue weighted by atomic mass is 32.2. The van der Waals surface area contributed by atoms with Crippen LogP contribution in [0.1, 0.15) is 27.2 Å². The number of carbonyl (C=O) groups excluding carboxylic acids is 1. The third-order valence-electron chi connectivity index (χ3n) is 3.63. The van der Waals surface area contributed by atoms with Gasteiger partial charge in [-0.2, -0.15) is 11.8 Å². The molecule has 1 amide bonds. The smallest absolute Gasteiger partial charge is 0.261 e. The second-order valence-electron chi connectivity index (χ2n) is 6.95. The predicted octanol–water partition coefficient (Wildman–Crippen LogP) is 2.25. The molecule has 25 heavy (non-hydrogen) atoms. The van der Waals surface area contributed by atoms with E-state index in [9.17, 15) is 13.2 Å². The number of thioether (sulfide) groups is 1. The molecule has 0 fully saturated rings. The maximum atomic E-state index is 12.4. The highest BCUT2D eigenvalue weighted by molar-refractivity contribution is 8.00. The summed E-state index contributed by atoms with van der Waals surface area (Å²) in [5, 5.41) is 2.88. The zero-order valence-electron chi connectivity index (χ0n) is 15.1. The van der Waals surface area contributed by atoms with Crippen molar-refractivity contribution in [2.75, 3.05) is 29.4 Å². The molecule has 6 nitrogen and oxygen atoms in total. The number of amides is 1. The molecule has 0 saturated heterocycles. The third kappa shape index (κ3) is 5.81. The van der Waals surface area contributed by atoms with E-state index in [-0.39, 0.29) is 17.2 Å². The molecule has 0 radical (unpaired) electrons. The first-order valence-electron chi connectivity index (χ1n) is 8.23. The fraction of sp³-hybridized carbons (Fsp3) is 0.588. The maximum Gasteiger partial charge on any atom is 0.261 e. The zero-order valence-corrected chi connectivity index (χ0v) is 16.7. The second-order valence-corrected chi connectivity index (χ2v) is 10.8. The SMILES string of the molecule is CC(C)(C)SCCNC(=O)C1CCN(S(C)(=O)=O)c2ccccc2O1. The van der Waals surface area contributed by atoms with Gasteiger partial charge < -0.3 is 10.1 Å². The van der Waals surface area contributed by atoms with Crippen molar-refractivity contribution in [1.82, 2.24) is 5.32 Å². The van der Waals surface area contributed by atoms with E-state index in [4.69, 9.17) is 4.74 Å². The van der Waals surface area contributed by atoms with Crippen LogP contribution in [-0.4, -0.2) is 50.3 Å². The highest BCUT2D eigenvalue weighted by Crippen LogP contribution is 2.33. The standard InChI is InChI=1S/C17H26N2O4S2/c1-17(2,3)24-12-10-18-16(20)15-9-11-19(25(4,21)22)13-7-5-6-8-14(13)23-15/h5-8,15H,9-12H2,1-4H3,(H,18,20). The van der Waals surface area contributed by atoms with Crippen LogP contribution in [0.25, 0.3) is 0 Å². The Morgan fingerprint density at radius 1 is 1.36 bits per heavy atom. The monoisotopic (exact) mass is 386 g/mol. The average molecular weight is 387 g/mol. The van der Waals surface area contributed by atoms with Gasteiger partial charge in [-0.05, 0) is 12.1 Å². The quantitative estimate of drug-likeness (QED) is 0.786. The summed E-state index contributed by atoms with van der Waals surface area (Å²) in [6.07, 6.45) is 0.765. The van der Waals surface area contributed by atoms with Gasteiger partial charge in [-0.15, -0.1) is 0 Å². The molecule has 0 aromatic heterocycles. The van der Waals surface area contributed by atoms with E-state index in [1.807, 2.05) is 0 Å². The van der Waals surface area contributed by atoms with E-state index in [0.717, 1.165) is 12.0 Å². The Hall–Kier alpha value is -1.41. The number of sulfonamides is 1. The first-order chi connectivity index (χ1) is 11.6. The molecular formula is C17H26N2O4S2. The van der Waals surface area contributed by atoms with Gasteiger partial charge in [0.05, 0.1) is 11.9 Å². The lowest BCUT2D eigenvalue weighted by Gasteiger charge is -2.20. The molecule has 1 heterocycles. The maximum absolute atomic E-state index is 12.4. The number of ether oxygens (including phenoxy) is 1. The van der Waals surface area contributed by atoms with Gasteiger partial charge in [0.25, 0.3) is 5.91 Å². The number of nitrogens with one attached hydrogen (secondary N) is 1. The van der Waals surface area contributed by atoms with Gasteiger partial charge in [-0.25, -0.2) is 8.42 Å². The normalized spacial score (nSPS) is 18.1. The van der Waals surface area contributed by atoms with Gasteiger partial charge in [0.1, 0.15) is 5.75 Å². The average Bonchev–Trinajstić information content (AvgIpc) is 2.69. The Balaban J connectivity index is 2.04. The number of anilines is 1. The third-order valence-corrected chi connectivity index (χ3v) is 6.08. The molecule has 0 spiro atoms. The largest absolute Gasteiger partial charge is 0.478 e. The van der Waals surface area contributed by atoms with Crippen LogP contribution < -0.4 is 14.4 Å². The molecule has 1 aromatic rings. The Kier molecular flexibility index (Phi) is 6.26. The van der Waals surface area contributed by atoms with Gasteiger partial charge in [-0.1, -0.05) is 32.9 Å². The van der Waals surface area contributed by atoms with Crippen LogP contribution >= 0.6 is 11.8 Å². The lowest BCUT2D eigenvalue weighted by molar-refractivity contribution is -0.127. The van der Waals surface area contributed by atoms with Crippen molar-refractivity contribution in [3.63, 3.8) is 0 Å². The molecule has 1 N–H and O–H groups in total. The van der Waals surface area contributed by atoms with Crippen LogP contribution in [0.2, 0.25) is 0 Å². The molecule has 1 aliphatic heterocycles. The Morgan fingerprint density at radius 3 is 2.68 bits per heavy atom. The highest BCUT2D eigenvalue weighted by Gasteiger charge is 2.30. The Morgan fingerprint density at radius 2 is 2.04 bits per heavy atom. The van der Waals surface area contributed by atoms with Crippen LogP contribution in [0.5, 0.6) is 5.75 Å². The van der Waals surface area contributed by atoms with Crippen LogP contribution in [-0.2, 0) is 14.8 Å². The summed E-state index contributed by atoms with van der Waals surface area (Å²) in [7, 11) is -3.43. The molecule has 2 rings (SSSR count). The first-order valence-corrected chi connectivity index (χ1v) is 11.1. The molecule has 1 atom stereocenters. The fourth-order valence-electron chi connectivity index (χ4n) is 2.50. The number of benzene rings is 1. The molecule has 1 aliphatic rings. The summed E-state index contributed by atoms with van der Waals surface area (Å²) in [6, 6.07) is 6.90. The van der Waals surface area contributed by atoms with E-state index < -0.39 is 16.1 Å². The van der Waals surface area contributed by atoms with Crippen molar-refractivity contribution in [2.24, 2.45) is 0 Å². The lowest BCUT2D eigenvalue weighted by Crippen LogP contribution is -2.40. The van der Waals surface area contributed by atoms with Gasteiger partial charge in [-0.3, -0.25) is 9.10 Å². The summed E-state index contributed by atoms with van der Waals surface area (Å²) < 4.78 is 31.4. The topological polar surface area (TPSA) is 75.7 Å². The molecular weight excluding hydrogens is 360 g/mol. The summed E-state index contributed by atoms with van der Waals surface area (Å²) in [5.41, 5.74) is 0.476. The number of carbonyl (C=O) groups is 1. The van der Waals surface area contributed by atoms with Gasteiger partial charge >= 0.3 is 0 Å². The van der Waals surface area contributed by atoms with Crippen molar-refractivity contribution in [3.05, 3.63) is 24.3 Å². The van der Waals surface area contributed by atoms with Crippen LogP contribution in [0.15, 0.2) is 24.3 Å². The molecule has 0 aliphatic carbocycles. The molecule has 1 unspecified atom stereocenters. The zero-order chi connectivity index (χ0) is 18.7. The molecule has 0 saturated carbocycles. The van der Waals surface area contributed by atoms with Crippen LogP contribution in [0, 0.1) is 0 Å². The molecule has 8 heteroatoms. The van der Waals surface area contributed by atoms with Gasteiger partial charge in [0.2, 0.25) is 10.0 Å². The van der Waals surface area contributed by atoms with Crippen molar-refractivity contribution < 1.29 is 17.9 Å². The first kappa shape index (κ1) is 19.9. The Bertz CT molecular complexity index is 714. The number of rotatable bonds is 5. The Labute approximate surface area is 154 Å². The number of fused-ring (bicyclic) bond motifs is 1. The number of para-hydroxylation sites is 2. The minimum atomic E-state index is -3.43. The minimum Gasteiger partial charge on any atom is -0.478 e. The fourth-order valence-corrected chi connectivity index (χ4v) is 4.27. The van der Waals surface area contributed by atoms with E-state index in [0.29, 0.717) is 24.4 Å². The van der Waals surface area contributed by atoms with E-state index >= 15 is 0 Å². The predicted molar refractivity (Wildman–Crippen MR) is 103 cm³/mol. The van der Waals surface area contributed by atoms with E-state index in [2.05, 4.69) is 26.1 Å². The van der Waals surface area contributed by atoms with Gasteiger partial charge in [0.15, 0.2) is 6.10 Å². The van der Waals surface area contributed by atoms with E-state index in [1.54, 1.807) is 36.0 Å². The molecule has 1 aromatic carbocycles. The number of hydrogen-bond donors (Lipinski definition) is 1. The van der Waals surface area contributed by atoms with Crippen LogP contribution in [0.4, 0.5) is 5.69 Å². The van der Waals surface area contributed by atoms with Crippen LogP contribution in [0.3, 0.4) is 0 Å². The van der Waals surface area contributed by atoms with Crippen molar-refractivity contribution in [1.29, 1.82) is 0 Å². The lowest BCUT2D eigenvalue weighted by atomic mass is 10.2. The molecule has 0 bridgehead atoms. The minimum absolute atomic E-state index is 0.151. The molecule has 140 valence electrons. The summed E-state index contributed by atoms with van der Waals surface area (Å²) in [6.45, 7) is 7.16. The summed E-state index contributed by atoms with van der Waals surface area (Å²) >= 11 is 1.78. The van der Waals surface area contributed by atoms with Crippen molar-refractivity contribution in [3.8, 4) is 5.75 Å². The number of hydrogen-bond acceptors (Lipinski definition) is 5. The number of nitrogens with zero attached hydrogens (tertiary/aromatic N) is 1.